The molecule has 0 saturated carbocycles. The van der Waals surface area contributed by atoms with Crippen molar-refractivity contribution in [3.63, 3.8) is 0 Å². The van der Waals surface area contributed by atoms with Crippen molar-refractivity contribution in [3.8, 4) is 0 Å². The highest BCUT2D eigenvalue weighted by Gasteiger charge is 2.22. The van der Waals surface area contributed by atoms with E-state index in [0.29, 0.717) is 66.4 Å². The minimum Gasteiger partial charge on any atom is -0.462 e. The summed E-state index contributed by atoms with van der Waals surface area (Å²) in [6.07, 6.45) is 0.686. The lowest BCUT2D eigenvalue weighted by Gasteiger charge is -2.21. The fraction of sp³-hybridized carbons (Fsp3) is 0.407. The van der Waals surface area contributed by atoms with E-state index in [1.807, 2.05) is 0 Å². The van der Waals surface area contributed by atoms with Crippen LogP contribution in [-0.2, 0) is 37.3 Å². The lowest BCUT2D eigenvalue weighted by atomic mass is 10.2. The van der Waals surface area contributed by atoms with Crippen LogP contribution in [0.25, 0.3) is 0 Å². The Morgan fingerprint density at radius 2 is 1.74 bits per heavy atom. The SMILES string of the molecule is CCOC(=O)c1sc(Nc2nc(CC(=O)N3CCCN(C(C)=O)CC3)cc(NCc3ccc(S(N)(=O)=O)cc3)n2)nc1C. The fourth-order valence-corrected chi connectivity index (χ4v) is 5.77. The number of ether oxygens (including phenoxy) is 1. The first-order valence-electron chi connectivity index (χ1n) is 13.6. The predicted molar refractivity (Wildman–Crippen MR) is 160 cm³/mol. The zero-order chi connectivity index (χ0) is 31.1. The van der Waals surface area contributed by atoms with Gasteiger partial charge >= 0.3 is 5.97 Å². The molecular weight excluding hydrogens is 596 g/mol. The third-order valence-corrected chi connectivity index (χ3v) is 8.59. The molecule has 1 aliphatic rings. The predicted octanol–water partition coefficient (Wildman–Crippen LogP) is 2.04. The van der Waals surface area contributed by atoms with Gasteiger partial charge in [0.05, 0.1) is 29.3 Å². The summed E-state index contributed by atoms with van der Waals surface area (Å²) in [5.41, 5.74) is 1.72. The maximum absolute atomic E-state index is 13.3. The van der Waals surface area contributed by atoms with Crippen molar-refractivity contribution in [2.24, 2.45) is 5.14 Å². The van der Waals surface area contributed by atoms with E-state index in [9.17, 15) is 22.8 Å². The molecule has 0 unspecified atom stereocenters. The minimum absolute atomic E-state index is 0.0000192. The van der Waals surface area contributed by atoms with Gasteiger partial charge in [0.25, 0.3) is 0 Å². The van der Waals surface area contributed by atoms with Crippen molar-refractivity contribution in [1.82, 2.24) is 24.8 Å². The molecule has 0 atom stereocenters. The Labute approximate surface area is 253 Å². The number of carbonyl (C=O) groups excluding carboxylic acids is 3. The number of aryl methyl sites for hydroxylation is 1. The van der Waals surface area contributed by atoms with Crippen molar-refractivity contribution in [2.75, 3.05) is 43.4 Å². The normalized spacial score (nSPS) is 13.8. The summed E-state index contributed by atoms with van der Waals surface area (Å²) < 4.78 is 28.2. The second-order valence-electron chi connectivity index (χ2n) is 9.81. The summed E-state index contributed by atoms with van der Waals surface area (Å²) in [5, 5.41) is 11.8. The van der Waals surface area contributed by atoms with Crippen LogP contribution in [0.1, 0.15) is 46.9 Å². The molecule has 1 fully saturated rings. The number of primary sulfonamides is 1. The van der Waals surface area contributed by atoms with Gasteiger partial charge in [-0.05, 0) is 38.0 Å². The van der Waals surface area contributed by atoms with Crippen molar-refractivity contribution < 1.29 is 27.5 Å². The molecule has 3 heterocycles. The average Bonchev–Trinajstić information content (AvgIpc) is 3.14. The van der Waals surface area contributed by atoms with Crippen LogP contribution >= 0.6 is 11.3 Å². The number of benzene rings is 1. The Balaban J connectivity index is 1.55. The smallest absolute Gasteiger partial charge is 0.350 e. The van der Waals surface area contributed by atoms with Crippen LogP contribution in [0.15, 0.2) is 35.2 Å². The van der Waals surface area contributed by atoms with Crippen molar-refractivity contribution >= 4 is 56.0 Å². The number of esters is 1. The van der Waals surface area contributed by atoms with E-state index in [1.165, 1.54) is 19.1 Å². The number of carbonyl (C=O) groups is 3. The highest BCUT2D eigenvalue weighted by molar-refractivity contribution is 7.89. The number of hydrogen-bond donors (Lipinski definition) is 3. The lowest BCUT2D eigenvalue weighted by Crippen LogP contribution is -2.37. The zero-order valence-corrected chi connectivity index (χ0v) is 25.8. The summed E-state index contributed by atoms with van der Waals surface area (Å²) in [5.74, 6) is -0.0375. The molecule has 1 aromatic carbocycles. The summed E-state index contributed by atoms with van der Waals surface area (Å²) in [6, 6.07) is 7.78. The van der Waals surface area contributed by atoms with Gasteiger partial charge in [0.15, 0.2) is 5.13 Å². The van der Waals surface area contributed by atoms with Gasteiger partial charge < -0.3 is 19.9 Å². The van der Waals surface area contributed by atoms with E-state index in [1.54, 1.807) is 41.8 Å². The first kappa shape index (κ1) is 31.8. The van der Waals surface area contributed by atoms with Crippen molar-refractivity contribution in [3.05, 3.63) is 52.2 Å². The second-order valence-corrected chi connectivity index (χ2v) is 12.4. The van der Waals surface area contributed by atoms with Gasteiger partial charge in [0.1, 0.15) is 10.7 Å². The van der Waals surface area contributed by atoms with Crippen LogP contribution in [0, 0.1) is 6.92 Å². The number of nitrogens with two attached hydrogens (primary N) is 1. The highest BCUT2D eigenvalue weighted by Crippen LogP contribution is 2.26. The Morgan fingerprint density at radius 1 is 1.05 bits per heavy atom. The van der Waals surface area contributed by atoms with Gasteiger partial charge in [0.2, 0.25) is 27.8 Å². The van der Waals surface area contributed by atoms with E-state index in [2.05, 4.69) is 25.6 Å². The maximum atomic E-state index is 13.3. The van der Waals surface area contributed by atoms with Crippen LogP contribution in [0.5, 0.6) is 0 Å². The molecule has 1 saturated heterocycles. The number of aromatic nitrogens is 3. The molecule has 16 heteroatoms. The number of nitrogens with zero attached hydrogens (tertiary/aromatic N) is 5. The number of rotatable bonds is 10. The maximum Gasteiger partial charge on any atom is 0.350 e. The number of hydrogen-bond acceptors (Lipinski definition) is 12. The number of anilines is 3. The number of sulfonamides is 1. The fourth-order valence-electron chi connectivity index (χ4n) is 4.40. The van der Waals surface area contributed by atoms with Gasteiger partial charge in [-0.2, -0.15) is 4.98 Å². The standard InChI is InChI=1S/C27H34N8O6S2/c1-4-41-25(38)24-17(2)30-27(42-24)33-26-31-20(15-23(37)35-11-5-10-34(12-13-35)18(3)36)14-22(32-26)29-16-19-6-8-21(9-7-19)43(28,39)40/h6-9,14H,4-5,10-13,15-16H2,1-3H3,(H2,28,39,40)(H2,29,30,31,32,33). The van der Waals surface area contributed by atoms with Gasteiger partial charge in [0, 0.05) is 45.7 Å². The van der Waals surface area contributed by atoms with Crippen molar-refractivity contribution in [2.45, 2.75) is 45.1 Å². The molecule has 2 amide bonds. The molecule has 14 nitrogen and oxygen atoms in total. The Morgan fingerprint density at radius 3 is 2.42 bits per heavy atom. The summed E-state index contributed by atoms with van der Waals surface area (Å²) in [7, 11) is -3.81. The van der Waals surface area contributed by atoms with Crippen LogP contribution in [0.2, 0.25) is 0 Å². The van der Waals surface area contributed by atoms with Gasteiger partial charge in [-0.15, -0.1) is 0 Å². The zero-order valence-electron chi connectivity index (χ0n) is 24.1. The average molecular weight is 631 g/mol. The number of nitrogens with one attached hydrogen (secondary N) is 2. The molecule has 0 radical (unpaired) electrons. The van der Waals surface area contributed by atoms with E-state index >= 15 is 0 Å². The second kappa shape index (κ2) is 13.9. The topological polar surface area (TPSA) is 190 Å². The van der Waals surface area contributed by atoms with Crippen LogP contribution in [0.4, 0.5) is 16.9 Å². The molecule has 0 aliphatic carbocycles. The van der Waals surface area contributed by atoms with Gasteiger partial charge in [-0.25, -0.2) is 28.3 Å². The Bertz CT molecular complexity index is 1590. The summed E-state index contributed by atoms with van der Waals surface area (Å²) in [4.78, 5) is 54.6. The molecule has 0 spiro atoms. The van der Waals surface area contributed by atoms with Crippen LogP contribution in [-0.4, -0.2) is 83.7 Å². The number of thiazole rings is 1. The Hall–Kier alpha value is -4.15. The van der Waals surface area contributed by atoms with Gasteiger partial charge in [-0.3, -0.25) is 14.9 Å². The Kier molecular flexibility index (Phi) is 10.3. The molecule has 230 valence electrons. The van der Waals surface area contributed by atoms with E-state index in [4.69, 9.17) is 9.88 Å². The minimum atomic E-state index is -3.81. The molecule has 4 rings (SSSR count). The largest absolute Gasteiger partial charge is 0.462 e. The van der Waals surface area contributed by atoms with Gasteiger partial charge in [-0.1, -0.05) is 23.5 Å². The lowest BCUT2D eigenvalue weighted by molar-refractivity contribution is -0.132. The molecule has 4 N–H and O–H groups in total. The third-order valence-electron chi connectivity index (χ3n) is 6.61. The molecule has 0 bridgehead atoms. The first-order valence-corrected chi connectivity index (χ1v) is 16.0. The quantitative estimate of drug-likeness (QED) is 0.278. The third kappa shape index (κ3) is 8.68. The number of amides is 2. The molecular formula is C27H34N8O6S2. The van der Waals surface area contributed by atoms with E-state index < -0.39 is 16.0 Å². The van der Waals surface area contributed by atoms with E-state index in [0.717, 1.165) is 16.9 Å². The molecule has 3 aromatic rings. The highest BCUT2D eigenvalue weighted by atomic mass is 32.2. The summed E-state index contributed by atoms with van der Waals surface area (Å²) in [6.45, 7) is 7.53. The monoisotopic (exact) mass is 630 g/mol. The van der Waals surface area contributed by atoms with Crippen molar-refractivity contribution in [1.29, 1.82) is 0 Å². The molecule has 1 aliphatic heterocycles. The first-order chi connectivity index (χ1) is 20.4. The van der Waals surface area contributed by atoms with E-state index in [-0.39, 0.29) is 35.7 Å². The summed E-state index contributed by atoms with van der Waals surface area (Å²) >= 11 is 1.11. The van der Waals surface area contributed by atoms with Crippen LogP contribution < -0.4 is 15.8 Å². The molecule has 43 heavy (non-hydrogen) atoms. The molecule has 2 aromatic heterocycles. The van der Waals surface area contributed by atoms with Crippen LogP contribution in [0.3, 0.4) is 0 Å².